The van der Waals surface area contributed by atoms with Crippen LogP contribution in [0, 0.1) is 5.41 Å². The van der Waals surface area contributed by atoms with Gasteiger partial charge < -0.3 is 10.4 Å². The zero-order chi connectivity index (χ0) is 12.1. The van der Waals surface area contributed by atoms with Gasteiger partial charge in [-0.2, -0.15) is 0 Å². The minimum absolute atomic E-state index is 0.112. The molecule has 17 heavy (non-hydrogen) atoms. The topological polar surface area (TPSA) is 32.3 Å². The Morgan fingerprint density at radius 3 is 2.59 bits per heavy atom. The van der Waals surface area contributed by atoms with Crippen molar-refractivity contribution >= 4 is 11.6 Å². The molecule has 1 aromatic rings. The van der Waals surface area contributed by atoms with Gasteiger partial charge in [-0.1, -0.05) is 42.6 Å². The quantitative estimate of drug-likeness (QED) is 0.846. The number of aliphatic hydroxyl groups excluding tert-OH is 1. The molecule has 0 amide bonds. The summed E-state index contributed by atoms with van der Waals surface area (Å²) in [5, 5.41) is 13.7. The fourth-order valence-corrected chi connectivity index (χ4v) is 2.82. The van der Waals surface area contributed by atoms with Crippen LogP contribution >= 0.6 is 11.6 Å². The van der Waals surface area contributed by atoms with E-state index in [-0.39, 0.29) is 5.41 Å². The Bertz CT molecular complexity index is 361. The lowest BCUT2D eigenvalue weighted by Crippen LogP contribution is -2.34. The number of rotatable bonds is 5. The summed E-state index contributed by atoms with van der Waals surface area (Å²) < 4.78 is 0. The zero-order valence-corrected chi connectivity index (χ0v) is 10.8. The molecule has 1 fully saturated rings. The second kappa shape index (κ2) is 5.85. The Morgan fingerprint density at radius 2 is 1.94 bits per heavy atom. The molecule has 0 saturated heterocycles. The van der Waals surface area contributed by atoms with Crippen molar-refractivity contribution in [1.82, 2.24) is 5.32 Å². The Morgan fingerprint density at radius 1 is 1.24 bits per heavy atom. The van der Waals surface area contributed by atoms with Crippen LogP contribution in [0.5, 0.6) is 0 Å². The molecular formula is C14H20ClNO. The number of nitrogens with one attached hydrogen (secondary N) is 1. The van der Waals surface area contributed by atoms with Crippen molar-refractivity contribution in [1.29, 1.82) is 0 Å². The molecule has 2 rings (SSSR count). The number of hydrogen-bond donors (Lipinski definition) is 2. The number of halogens is 1. The van der Waals surface area contributed by atoms with Gasteiger partial charge in [-0.15, -0.1) is 0 Å². The molecule has 94 valence electrons. The molecule has 0 aromatic heterocycles. The first-order valence-electron chi connectivity index (χ1n) is 6.31. The third-order valence-electron chi connectivity index (χ3n) is 3.77. The van der Waals surface area contributed by atoms with E-state index in [0.29, 0.717) is 6.61 Å². The van der Waals surface area contributed by atoms with Gasteiger partial charge in [0.05, 0.1) is 0 Å². The third-order valence-corrected chi connectivity index (χ3v) is 4.14. The predicted molar refractivity (Wildman–Crippen MR) is 71.1 cm³/mol. The molecule has 1 aromatic carbocycles. The molecule has 0 unspecified atom stereocenters. The van der Waals surface area contributed by atoms with E-state index < -0.39 is 0 Å². The van der Waals surface area contributed by atoms with Crippen LogP contribution in [0.2, 0.25) is 5.02 Å². The first kappa shape index (κ1) is 12.9. The van der Waals surface area contributed by atoms with Gasteiger partial charge in [0, 0.05) is 30.1 Å². The highest BCUT2D eigenvalue weighted by atomic mass is 35.5. The minimum Gasteiger partial charge on any atom is -0.396 e. The van der Waals surface area contributed by atoms with Crippen LogP contribution in [0.15, 0.2) is 24.3 Å². The summed E-state index contributed by atoms with van der Waals surface area (Å²) in [5.74, 6) is 0. The van der Waals surface area contributed by atoms with Gasteiger partial charge in [-0.25, -0.2) is 0 Å². The molecule has 1 saturated carbocycles. The first-order valence-corrected chi connectivity index (χ1v) is 6.69. The van der Waals surface area contributed by atoms with Gasteiger partial charge in [0.25, 0.3) is 0 Å². The van der Waals surface area contributed by atoms with Crippen LogP contribution in [0.3, 0.4) is 0 Å². The summed E-state index contributed by atoms with van der Waals surface area (Å²) in [4.78, 5) is 0. The monoisotopic (exact) mass is 253 g/mol. The molecular weight excluding hydrogens is 234 g/mol. The summed E-state index contributed by atoms with van der Waals surface area (Å²) in [5.41, 5.74) is 1.24. The Kier molecular flexibility index (Phi) is 4.43. The second-order valence-electron chi connectivity index (χ2n) is 5.06. The zero-order valence-electron chi connectivity index (χ0n) is 10.1. The number of hydrogen-bond acceptors (Lipinski definition) is 2. The molecule has 0 spiro atoms. The molecule has 0 heterocycles. The Hall–Kier alpha value is -0.570. The van der Waals surface area contributed by atoms with E-state index in [1.807, 2.05) is 24.3 Å². The first-order chi connectivity index (χ1) is 8.26. The fourth-order valence-electron chi connectivity index (χ4n) is 2.62. The maximum absolute atomic E-state index is 9.50. The van der Waals surface area contributed by atoms with E-state index in [9.17, 15) is 5.11 Å². The highest BCUT2D eigenvalue weighted by molar-refractivity contribution is 6.31. The summed E-state index contributed by atoms with van der Waals surface area (Å²) in [7, 11) is 0. The summed E-state index contributed by atoms with van der Waals surface area (Å²) >= 11 is 6.10. The van der Waals surface area contributed by atoms with Crippen molar-refractivity contribution in [3.05, 3.63) is 34.9 Å². The Labute approximate surface area is 108 Å². The van der Waals surface area contributed by atoms with Gasteiger partial charge >= 0.3 is 0 Å². The predicted octanol–water partition coefficient (Wildman–Crippen LogP) is 2.98. The van der Waals surface area contributed by atoms with E-state index in [1.54, 1.807) is 0 Å². The van der Waals surface area contributed by atoms with Crippen LogP contribution in [-0.4, -0.2) is 18.3 Å². The van der Waals surface area contributed by atoms with E-state index in [0.717, 1.165) is 36.5 Å². The van der Waals surface area contributed by atoms with Gasteiger partial charge in [-0.05, 0) is 24.5 Å². The smallest absolute Gasteiger partial charge is 0.0499 e. The van der Waals surface area contributed by atoms with Crippen LogP contribution < -0.4 is 5.32 Å². The maximum atomic E-state index is 9.50. The van der Waals surface area contributed by atoms with Gasteiger partial charge in [0.2, 0.25) is 0 Å². The van der Waals surface area contributed by atoms with Crippen molar-refractivity contribution in [2.24, 2.45) is 5.41 Å². The molecule has 2 nitrogen and oxygen atoms in total. The lowest BCUT2D eigenvalue weighted by atomic mass is 9.87. The van der Waals surface area contributed by atoms with Crippen molar-refractivity contribution in [2.75, 3.05) is 13.2 Å². The van der Waals surface area contributed by atoms with E-state index in [2.05, 4.69) is 5.32 Å². The maximum Gasteiger partial charge on any atom is 0.0499 e. The lowest BCUT2D eigenvalue weighted by molar-refractivity contribution is 0.128. The second-order valence-corrected chi connectivity index (χ2v) is 5.47. The van der Waals surface area contributed by atoms with E-state index in [1.165, 1.54) is 12.8 Å². The standard InChI is InChI=1S/C14H20ClNO/c15-13-6-2-1-5-12(13)9-16-10-14(11-17)7-3-4-8-14/h1-2,5-6,16-17H,3-4,7-11H2. The lowest BCUT2D eigenvalue weighted by Gasteiger charge is -2.26. The SMILES string of the molecule is OCC1(CNCc2ccccc2Cl)CCCC1. The third kappa shape index (κ3) is 3.21. The van der Waals surface area contributed by atoms with Crippen molar-refractivity contribution < 1.29 is 5.11 Å². The summed E-state index contributed by atoms with van der Waals surface area (Å²) in [6, 6.07) is 7.89. The van der Waals surface area contributed by atoms with Crippen LogP contribution in [0.1, 0.15) is 31.2 Å². The molecule has 0 atom stereocenters. The van der Waals surface area contributed by atoms with Crippen LogP contribution in [0.25, 0.3) is 0 Å². The minimum atomic E-state index is 0.112. The van der Waals surface area contributed by atoms with Crippen molar-refractivity contribution in [3.63, 3.8) is 0 Å². The molecule has 0 bridgehead atoms. The van der Waals surface area contributed by atoms with Gasteiger partial charge in [0.1, 0.15) is 0 Å². The number of benzene rings is 1. The summed E-state index contributed by atoms with van der Waals surface area (Å²) in [6.45, 7) is 1.96. The normalized spacial score (nSPS) is 18.5. The highest BCUT2D eigenvalue weighted by Gasteiger charge is 2.32. The van der Waals surface area contributed by atoms with Gasteiger partial charge in [-0.3, -0.25) is 0 Å². The van der Waals surface area contributed by atoms with E-state index >= 15 is 0 Å². The van der Waals surface area contributed by atoms with E-state index in [4.69, 9.17) is 11.6 Å². The van der Waals surface area contributed by atoms with Crippen molar-refractivity contribution in [3.8, 4) is 0 Å². The molecule has 3 heteroatoms. The fraction of sp³-hybridized carbons (Fsp3) is 0.571. The van der Waals surface area contributed by atoms with Crippen LogP contribution in [-0.2, 0) is 6.54 Å². The average molecular weight is 254 g/mol. The molecule has 1 aliphatic carbocycles. The molecule has 0 radical (unpaired) electrons. The average Bonchev–Trinajstić information content (AvgIpc) is 2.81. The largest absolute Gasteiger partial charge is 0.396 e. The molecule has 1 aliphatic rings. The van der Waals surface area contributed by atoms with Gasteiger partial charge in [0.15, 0.2) is 0 Å². The number of aliphatic hydroxyl groups is 1. The molecule has 2 N–H and O–H groups in total. The Balaban J connectivity index is 1.85. The molecule has 0 aliphatic heterocycles. The van der Waals surface area contributed by atoms with Crippen LogP contribution in [0.4, 0.5) is 0 Å². The summed E-state index contributed by atoms with van der Waals surface area (Å²) in [6.07, 6.45) is 4.76. The highest BCUT2D eigenvalue weighted by Crippen LogP contribution is 2.36. The van der Waals surface area contributed by atoms with Crippen molar-refractivity contribution in [2.45, 2.75) is 32.2 Å².